The number of hydrogen-bond acceptors (Lipinski definition) is 4. The first-order chi connectivity index (χ1) is 14.2. The molecule has 1 N–H and O–H groups in total. The molecule has 7 nitrogen and oxygen atoms in total. The van der Waals surface area contributed by atoms with Crippen LogP contribution in [-0.2, 0) is 14.8 Å². The molecule has 1 amide bonds. The van der Waals surface area contributed by atoms with Crippen molar-refractivity contribution in [2.24, 2.45) is 0 Å². The minimum absolute atomic E-state index is 0.137. The largest absolute Gasteiger partial charge is 0.324 e. The number of pyridine rings is 1. The molecule has 0 fully saturated rings. The third-order valence-electron chi connectivity index (χ3n) is 5.07. The Morgan fingerprint density at radius 1 is 1.10 bits per heavy atom. The van der Waals surface area contributed by atoms with E-state index in [1.54, 1.807) is 6.07 Å². The zero-order valence-corrected chi connectivity index (χ0v) is 18.2. The monoisotopic (exact) mass is 427 g/mol. The van der Waals surface area contributed by atoms with Crippen LogP contribution in [0.1, 0.15) is 24.9 Å². The topological polar surface area (TPSA) is 88.5 Å². The Morgan fingerprint density at radius 2 is 1.73 bits per heavy atom. The average Bonchev–Trinajstić information content (AvgIpc) is 2.71. The predicted octanol–water partition coefficient (Wildman–Crippen LogP) is 3.15. The molecule has 158 valence electrons. The summed E-state index contributed by atoms with van der Waals surface area (Å²) in [5.41, 5.74) is 1.79. The van der Waals surface area contributed by atoms with E-state index in [0.29, 0.717) is 17.6 Å². The normalized spacial score (nSPS) is 12.8. The molecule has 0 aliphatic heterocycles. The van der Waals surface area contributed by atoms with Crippen molar-refractivity contribution < 1.29 is 13.2 Å². The van der Waals surface area contributed by atoms with Gasteiger partial charge in [0.1, 0.15) is 6.04 Å². The lowest BCUT2D eigenvalue weighted by Gasteiger charge is -2.21. The molecule has 1 heterocycles. The van der Waals surface area contributed by atoms with Crippen LogP contribution in [0.25, 0.3) is 10.9 Å². The molecule has 0 spiro atoms. The molecule has 3 rings (SSSR count). The van der Waals surface area contributed by atoms with Gasteiger partial charge in [-0.1, -0.05) is 25.1 Å². The molecule has 0 aliphatic carbocycles. The Balaban J connectivity index is 1.94. The minimum atomic E-state index is -3.54. The fraction of sp³-hybridized carbons (Fsp3) is 0.273. The smallest absolute Gasteiger partial charge is 0.252 e. The van der Waals surface area contributed by atoms with Crippen molar-refractivity contribution in [3.63, 3.8) is 0 Å². The standard InChI is InChI=1S/C22H25N3O4S/c1-5-19(25-20-9-7-6-8-18(20)15(2)14-21(25)26)22(27)23-16-10-12-17(13-11-16)30(28,29)24(3)4/h6-14,19H,5H2,1-4H3,(H,23,27). The summed E-state index contributed by atoms with van der Waals surface area (Å²) >= 11 is 0. The first-order valence-corrected chi connectivity index (χ1v) is 11.0. The van der Waals surface area contributed by atoms with Gasteiger partial charge < -0.3 is 5.32 Å². The van der Waals surface area contributed by atoms with Crippen molar-refractivity contribution in [3.8, 4) is 0 Å². The number of carbonyl (C=O) groups excluding carboxylic acids is 1. The lowest BCUT2D eigenvalue weighted by Crippen LogP contribution is -2.33. The molecule has 0 aliphatic rings. The molecule has 8 heteroatoms. The van der Waals surface area contributed by atoms with Crippen molar-refractivity contribution in [1.29, 1.82) is 0 Å². The molecule has 0 saturated heterocycles. The van der Waals surface area contributed by atoms with Crippen LogP contribution in [0.2, 0.25) is 0 Å². The van der Waals surface area contributed by atoms with Crippen LogP contribution in [0, 0.1) is 6.92 Å². The second-order valence-electron chi connectivity index (χ2n) is 7.28. The van der Waals surface area contributed by atoms with Gasteiger partial charge in [0.15, 0.2) is 0 Å². The molecule has 1 aromatic heterocycles. The number of aryl methyl sites for hydroxylation is 1. The summed E-state index contributed by atoms with van der Waals surface area (Å²) in [5, 5.41) is 3.72. The molecule has 30 heavy (non-hydrogen) atoms. The first-order valence-electron chi connectivity index (χ1n) is 9.61. The van der Waals surface area contributed by atoms with Crippen LogP contribution in [-0.4, -0.2) is 37.3 Å². The van der Waals surface area contributed by atoms with Crippen molar-refractivity contribution in [2.45, 2.75) is 31.2 Å². The lowest BCUT2D eigenvalue weighted by atomic mass is 10.1. The number of aromatic nitrogens is 1. The van der Waals surface area contributed by atoms with E-state index in [4.69, 9.17) is 0 Å². The molecule has 3 aromatic rings. The number of amides is 1. The number of anilines is 1. The highest BCUT2D eigenvalue weighted by Gasteiger charge is 2.23. The van der Waals surface area contributed by atoms with Gasteiger partial charge in [0.2, 0.25) is 15.9 Å². The van der Waals surface area contributed by atoms with Crippen LogP contribution >= 0.6 is 0 Å². The second kappa shape index (κ2) is 8.41. The van der Waals surface area contributed by atoms with E-state index in [2.05, 4.69) is 5.32 Å². The zero-order chi connectivity index (χ0) is 22.1. The number of benzene rings is 2. The van der Waals surface area contributed by atoms with Crippen molar-refractivity contribution in [3.05, 3.63) is 70.5 Å². The van der Waals surface area contributed by atoms with Gasteiger partial charge in [-0.3, -0.25) is 14.2 Å². The SMILES string of the molecule is CCC(C(=O)Nc1ccc(S(=O)(=O)N(C)C)cc1)n1c(=O)cc(C)c2ccccc21. The number of nitrogens with one attached hydrogen (secondary N) is 1. The third-order valence-corrected chi connectivity index (χ3v) is 6.90. The molecule has 1 unspecified atom stereocenters. The van der Waals surface area contributed by atoms with Crippen molar-refractivity contribution in [1.82, 2.24) is 8.87 Å². The highest BCUT2D eigenvalue weighted by molar-refractivity contribution is 7.89. The van der Waals surface area contributed by atoms with E-state index in [1.807, 2.05) is 38.1 Å². The second-order valence-corrected chi connectivity index (χ2v) is 9.43. The van der Waals surface area contributed by atoms with Crippen LogP contribution in [0.4, 0.5) is 5.69 Å². The number of para-hydroxylation sites is 1. The van der Waals surface area contributed by atoms with Gasteiger partial charge in [-0.15, -0.1) is 0 Å². The summed E-state index contributed by atoms with van der Waals surface area (Å²) in [5.74, 6) is -0.336. The zero-order valence-electron chi connectivity index (χ0n) is 17.4. The number of nitrogens with zero attached hydrogens (tertiary/aromatic N) is 2. The summed E-state index contributed by atoms with van der Waals surface area (Å²) in [7, 11) is -0.627. The quantitative estimate of drug-likeness (QED) is 0.655. The van der Waals surface area contributed by atoms with E-state index in [1.165, 1.54) is 42.9 Å². The summed E-state index contributed by atoms with van der Waals surface area (Å²) in [4.78, 5) is 25.9. The maximum absolute atomic E-state index is 13.0. The molecule has 0 saturated carbocycles. The molecular formula is C22H25N3O4S. The first kappa shape index (κ1) is 21.7. The van der Waals surface area contributed by atoms with Gasteiger partial charge in [0.25, 0.3) is 5.56 Å². The maximum Gasteiger partial charge on any atom is 0.252 e. The van der Waals surface area contributed by atoms with Crippen LogP contribution in [0.3, 0.4) is 0 Å². The Labute approximate surface area is 176 Å². The Morgan fingerprint density at radius 3 is 2.33 bits per heavy atom. The fourth-order valence-electron chi connectivity index (χ4n) is 3.42. The molecule has 0 radical (unpaired) electrons. The summed E-state index contributed by atoms with van der Waals surface area (Å²) in [6.45, 7) is 3.72. The van der Waals surface area contributed by atoms with Gasteiger partial charge in [-0.25, -0.2) is 12.7 Å². The van der Waals surface area contributed by atoms with Crippen molar-refractivity contribution >= 4 is 32.5 Å². The molecule has 2 aromatic carbocycles. The van der Waals surface area contributed by atoms with Gasteiger partial charge >= 0.3 is 0 Å². The number of carbonyl (C=O) groups is 1. The van der Waals surface area contributed by atoms with Crippen LogP contribution in [0.5, 0.6) is 0 Å². The van der Waals surface area contributed by atoms with Gasteiger partial charge in [0, 0.05) is 31.2 Å². The summed E-state index contributed by atoms with van der Waals surface area (Å²) in [6.07, 6.45) is 0.423. The number of fused-ring (bicyclic) bond motifs is 1. The van der Waals surface area contributed by atoms with E-state index >= 15 is 0 Å². The number of rotatable bonds is 6. The van der Waals surface area contributed by atoms with Gasteiger partial charge in [0.05, 0.1) is 10.4 Å². The average molecular weight is 428 g/mol. The Hall–Kier alpha value is -2.97. The van der Waals surface area contributed by atoms with E-state index in [-0.39, 0.29) is 16.4 Å². The highest BCUT2D eigenvalue weighted by Crippen LogP contribution is 2.23. The van der Waals surface area contributed by atoms with E-state index < -0.39 is 16.1 Å². The van der Waals surface area contributed by atoms with Gasteiger partial charge in [-0.05, 0) is 49.2 Å². The van der Waals surface area contributed by atoms with Gasteiger partial charge in [-0.2, -0.15) is 0 Å². The van der Waals surface area contributed by atoms with E-state index in [9.17, 15) is 18.0 Å². The minimum Gasteiger partial charge on any atom is -0.324 e. The van der Waals surface area contributed by atoms with Crippen LogP contribution < -0.4 is 10.9 Å². The van der Waals surface area contributed by atoms with Crippen LogP contribution in [0.15, 0.2) is 64.3 Å². The molecular weight excluding hydrogens is 402 g/mol. The predicted molar refractivity (Wildman–Crippen MR) is 118 cm³/mol. The third kappa shape index (κ3) is 4.01. The van der Waals surface area contributed by atoms with Crippen molar-refractivity contribution in [2.75, 3.05) is 19.4 Å². The fourth-order valence-corrected chi connectivity index (χ4v) is 4.32. The summed E-state index contributed by atoms with van der Waals surface area (Å²) in [6, 6.07) is 14.3. The molecule has 1 atom stereocenters. The van der Waals surface area contributed by atoms with E-state index in [0.717, 1.165) is 15.3 Å². The Bertz CT molecular complexity index is 1250. The Kier molecular flexibility index (Phi) is 6.09. The number of hydrogen-bond donors (Lipinski definition) is 1. The lowest BCUT2D eigenvalue weighted by molar-refractivity contribution is -0.119. The maximum atomic E-state index is 13.0. The number of sulfonamides is 1. The highest BCUT2D eigenvalue weighted by atomic mass is 32.2. The summed E-state index contributed by atoms with van der Waals surface area (Å²) < 4.78 is 27.0. The molecule has 0 bridgehead atoms.